The van der Waals surface area contributed by atoms with E-state index < -0.39 is 0 Å². The van der Waals surface area contributed by atoms with Gasteiger partial charge in [0.2, 0.25) is 11.8 Å². The average molecular weight is 383 g/mol. The molecule has 2 saturated heterocycles. The Morgan fingerprint density at radius 2 is 2.04 bits per heavy atom. The van der Waals surface area contributed by atoms with Gasteiger partial charge in [-0.2, -0.15) is 0 Å². The highest BCUT2D eigenvalue weighted by atomic mass is 16.2. The molecule has 0 radical (unpaired) electrons. The zero-order chi connectivity index (χ0) is 19.3. The van der Waals surface area contributed by atoms with E-state index in [4.69, 9.17) is 9.97 Å². The van der Waals surface area contributed by atoms with Crippen LogP contribution in [0, 0.1) is 12.8 Å². The number of hydrogen-bond acceptors (Lipinski definition) is 5. The van der Waals surface area contributed by atoms with Crippen molar-refractivity contribution in [2.45, 2.75) is 57.3 Å². The van der Waals surface area contributed by atoms with E-state index in [-0.39, 0.29) is 17.2 Å². The Morgan fingerprint density at radius 1 is 1.18 bits per heavy atom. The fourth-order valence-corrected chi connectivity index (χ4v) is 5.44. The summed E-state index contributed by atoms with van der Waals surface area (Å²) in [7, 11) is 0. The molecule has 0 aromatic carbocycles. The number of nitrogens with zero attached hydrogens (tertiary/aromatic N) is 4. The Morgan fingerprint density at radius 3 is 2.79 bits per heavy atom. The lowest BCUT2D eigenvalue weighted by Gasteiger charge is -2.43. The number of hydrogen-bond donors (Lipinski definition) is 1. The molecule has 1 spiro atoms. The smallest absolute Gasteiger partial charge is 0.239 e. The van der Waals surface area contributed by atoms with E-state index in [0.717, 1.165) is 75.5 Å². The Labute approximate surface area is 165 Å². The number of aryl methyl sites for hydroxylation is 1. The zero-order valence-corrected chi connectivity index (χ0v) is 16.7. The highest BCUT2D eigenvalue weighted by molar-refractivity contribution is 5.83. The van der Waals surface area contributed by atoms with E-state index in [1.54, 1.807) is 0 Å². The molecule has 1 aromatic heterocycles. The van der Waals surface area contributed by atoms with E-state index in [2.05, 4.69) is 15.1 Å². The van der Waals surface area contributed by atoms with Crippen LogP contribution in [0.15, 0.2) is 0 Å². The van der Waals surface area contributed by atoms with Crippen LogP contribution in [0.5, 0.6) is 0 Å². The third-order valence-corrected chi connectivity index (χ3v) is 7.13. The second-order valence-electron chi connectivity index (χ2n) is 8.96. The van der Waals surface area contributed by atoms with Crippen molar-refractivity contribution in [2.75, 3.05) is 37.6 Å². The van der Waals surface area contributed by atoms with Gasteiger partial charge >= 0.3 is 0 Å². The minimum atomic E-state index is -0.0342. The standard InChI is InChI=1S/C21H29N5O2/c1-14-23-18-16(19(24-14)25-11-9-22-17(27)12-25)6-8-21(18)7-3-10-26(13-21)20(28)15-4-2-5-15/h15H,2-13H2,1H3,(H,22,27). The van der Waals surface area contributed by atoms with Crippen molar-refractivity contribution in [1.29, 1.82) is 0 Å². The van der Waals surface area contributed by atoms with Gasteiger partial charge < -0.3 is 15.1 Å². The number of carbonyl (C=O) groups is 2. The summed E-state index contributed by atoms with van der Waals surface area (Å²) in [5.41, 5.74) is 2.32. The number of aromatic nitrogens is 2. The van der Waals surface area contributed by atoms with Gasteiger partial charge in [0.15, 0.2) is 0 Å². The first-order chi connectivity index (χ1) is 13.6. The lowest BCUT2D eigenvalue weighted by atomic mass is 9.76. The Kier molecular flexibility index (Phi) is 4.29. The minimum Gasteiger partial charge on any atom is -0.353 e. The first-order valence-corrected chi connectivity index (χ1v) is 10.7. The molecule has 1 unspecified atom stereocenters. The van der Waals surface area contributed by atoms with Crippen molar-refractivity contribution in [1.82, 2.24) is 20.2 Å². The summed E-state index contributed by atoms with van der Waals surface area (Å²) in [6.07, 6.45) is 7.41. The third-order valence-electron chi connectivity index (χ3n) is 7.13. The zero-order valence-electron chi connectivity index (χ0n) is 16.7. The van der Waals surface area contributed by atoms with Crippen molar-refractivity contribution in [2.24, 2.45) is 5.92 Å². The van der Waals surface area contributed by atoms with Crippen LogP contribution in [0.3, 0.4) is 0 Å². The molecule has 2 amide bonds. The lowest BCUT2D eigenvalue weighted by Crippen LogP contribution is -2.50. The molecule has 3 heterocycles. The highest BCUT2D eigenvalue weighted by Gasteiger charge is 2.47. The maximum Gasteiger partial charge on any atom is 0.239 e. The maximum absolute atomic E-state index is 12.9. The van der Waals surface area contributed by atoms with Crippen LogP contribution in [-0.4, -0.2) is 59.4 Å². The Bertz CT molecular complexity index is 821. The SMILES string of the molecule is Cc1nc(N2CCNC(=O)C2)c2c(n1)C1(CCCN(C(=O)C3CCC3)C1)CC2. The van der Waals surface area contributed by atoms with Crippen LogP contribution in [-0.2, 0) is 21.4 Å². The van der Waals surface area contributed by atoms with Crippen LogP contribution in [0.4, 0.5) is 5.82 Å². The molecule has 4 aliphatic rings. The topological polar surface area (TPSA) is 78.4 Å². The van der Waals surface area contributed by atoms with Gasteiger partial charge in [0.05, 0.1) is 12.2 Å². The quantitative estimate of drug-likeness (QED) is 0.834. The van der Waals surface area contributed by atoms with Crippen LogP contribution < -0.4 is 10.2 Å². The minimum absolute atomic E-state index is 0.0342. The first-order valence-electron chi connectivity index (χ1n) is 10.7. The molecule has 150 valence electrons. The molecule has 1 N–H and O–H groups in total. The van der Waals surface area contributed by atoms with E-state index in [1.807, 2.05) is 6.92 Å². The first kappa shape index (κ1) is 17.9. The number of carbonyl (C=O) groups excluding carboxylic acids is 2. The number of fused-ring (bicyclic) bond motifs is 2. The normalized spacial score (nSPS) is 27.5. The largest absolute Gasteiger partial charge is 0.353 e. The molecule has 3 fully saturated rings. The summed E-state index contributed by atoms with van der Waals surface area (Å²) in [5.74, 6) is 2.38. The number of piperazine rings is 1. The number of nitrogens with one attached hydrogen (secondary N) is 1. The van der Waals surface area contributed by atoms with Crippen LogP contribution >= 0.6 is 0 Å². The monoisotopic (exact) mass is 383 g/mol. The number of likely N-dealkylation sites (tertiary alicyclic amines) is 1. The summed E-state index contributed by atoms with van der Waals surface area (Å²) >= 11 is 0. The number of amides is 2. The number of rotatable bonds is 2. The molecule has 0 bridgehead atoms. The molecular formula is C21H29N5O2. The van der Waals surface area contributed by atoms with Gasteiger partial charge in [0.1, 0.15) is 11.6 Å². The molecular weight excluding hydrogens is 354 g/mol. The molecule has 7 heteroatoms. The maximum atomic E-state index is 12.9. The highest BCUT2D eigenvalue weighted by Crippen LogP contribution is 2.47. The number of piperidine rings is 1. The average Bonchev–Trinajstić information content (AvgIpc) is 2.97. The lowest BCUT2D eigenvalue weighted by molar-refractivity contribution is -0.140. The van der Waals surface area contributed by atoms with E-state index in [0.29, 0.717) is 19.0 Å². The van der Waals surface area contributed by atoms with Gasteiger partial charge in [0.25, 0.3) is 0 Å². The summed E-state index contributed by atoms with van der Waals surface area (Å²) in [5, 5.41) is 2.89. The molecule has 7 nitrogen and oxygen atoms in total. The second kappa shape index (κ2) is 6.71. The van der Waals surface area contributed by atoms with Crippen molar-refractivity contribution >= 4 is 17.6 Å². The van der Waals surface area contributed by atoms with Gasteiger partial charge in [-0.15, -0.1) is 0 Å². The van der Waals surface area contributed by atoms with Gasteiger partial charge in [-0.25, -0.2) is 9.97 Å². The fourth-order valence-electron chi connectivity index (χ4n) is 5.44. The Hall–Kier alpha value is -2.18. The van der Waals surface area contributed by atoms with Gasteiger partial charge in [-0.1, -0.05) is 6.42 Å². The summed E-state index contributed by atoms with van der Waals surface area (Å²) in [4.78, 5) is 38.7. The molecule has 1 aromatic rings. The van der Waals surface area contributed by atoms with Crippen molar-refractivity contribution in [3.05, 3.63) is 17.1 Å². The molecule has 28 heavy (non-hydrogen) atoms. The van der Waals surface area contributed by atoms with Crippen LogP contribution in [0.2, 0.25) is 0 Å². The van der Waals surface area contributed by atoms with E-state index in [9.17, 15) is 9.59 Å². The molecule has 2 aliphatic heterocycles. The van der Waals surface area contributed by atoms with Crippen molar-refractivity contribution in [3.63, 3.8) is 0 Å². The predicted molar refractivity (Wildman–Crippen MR) is 105 cm³/mol. The van der Waals surface area contributed by atoms with Crippen molar-refractivity contribution in [3.8, 4) is 0 Å². The van der Waals surface area contributed by atoms with Crippen molar-refractivity contribution < 1.29 is 9.59 Å². The molecule has 1 atom stereocenters. The van der Waals surface area contributed by atoms with E-state index >= 15 is 0 Å². The molecule has 1 saturated carbocycles. The Balaban J connectivity index is 1.46. The third kappa shape index (κ3) is 2.86. The van der Waals surface area contributed by atoms with Gasteiger partial charge in [-0.3, -0.25) is 9.59 Å². The summed E-state index contributed by atoms with van der Waals surface area (Å²) in [6, 6.07) is 0. The summed E-state index contributed by atoms with van der Waals surface area (Å²) < 4.78 is 0. The predicted octanol–water partition coefficient (Wildman–Crippen LogP) is 1.33. The fraction of sp³-hybridized carbons (Fsp3) is 0.714. The van der Waals surface area contributed by atoms with Crippen LogP contribution in [0.1, 0.15) is 55.6 Å². The second-order valence-corrected chi connectivity index (χ2v) is 8.96. The van der Waals surface area contributed by atoms with Crippen LogP contribution in [0.25, 0.3) is 0 Å². The van der Waals surface area contributed by atoms with Gasteiger partial charge in [0, 0.05) is 43.1 Å². The van der Waals surface area contributed by atoms with E-state index in [1.165, 1.54) is 12.0 Å². The summed E-state index contributed by atoms with van der Waals surface area (Å²) in [6.45, 7) is 5.43. The van der Waals surface area contributed by atoms with Gasteiger partial charge in [-0.05, 0) is 45.4 Å². The molecule has 5 rings (SSSR count). The number of anilines is 1. The molecule has 2 aliphatic carbocycles.